The third-order valence-corrected chi connectivity index (χ3v) is 5.28. The summed E-state index contributed by atoms with van der Waals surface area (Å²) in [6.45, 7) is 5.17. The van der Waals surface area contributed by atoms with E-state index in [2.05, 4.69) is 0 Å². The third kappa shape index (κ3) is 5.55. The molecule has 152 valence electrons. The largest absolute Gasteiger partial charge is 0.427 e. The van der Waals surface area contributed by atoms with E-state index in [1.54, 1.807) is 29.2 Å². The number of hydrogen-bond acceptors (Lipinski definition) is 5. The van der Waals surface area contributed by atoms with Crippen LogP contribution in [0, 0.1) is 5.92 Å². The van der Waals surface area contributed by atoms with Crippen molar-refractivity contribution in [2.75, 3.05) is 39.4 Å². The predicted octanol–water partition coefficient (Wildman–Crippen LogP) is 2.10. The molecule has 0 aromatic heterocycles. The number of amides is 2. The summed E-state index contributed by atoms with van der Waals surface area (Å²) in [5, 5.41) is 0. The van der Waals surface area contributed by atoms with Gasteiger partial charge in [-0.2, -0.15) is 0 Å². The van der Waals surface area contributed by atoms with Crippen LogP contribution < -0.4 is 4.74 Å². The molecule has 2 amide bonds. The number of carbonyl (C=O) groups excluding carboxylic acids is 3. The Morgan fingerprint density at radius 1 is 1.07 bits per heavy atom. The van der Waals surface area contributed by atoms with E-state index in [4.69, 9.17) is 9.47 Å². The third-order valence-electron chi connectivity index (χ3n) is 5.28. The SMILES string of the molecule is CC(=O)Oc1cccc(C(=O)N2CCCN(C(=O)CC3CCOCC3)CC2)c1. The Labute approximate surface area is 165 Å². The molecule has 1 aromatic rings. The van der Waals surface area contributed by atoms with Gasteiger partial charge >= 0.3 is 5.97 Å². The van der Waals surface area contributed by atoms with E-state index in [0.29, 0.717) is 49.8 Å². The van der Waals surface area contributed by atoms with Gasteiger partial charge in [-0.25, -0.2) is 0 Å². The van der Waals surface area contributed by atoms with Crippen LogP contribution in [-0.4, -0.2) is 67.0 Å². The van der Waals surface area contributed by atoms with Crippen LogP contribution in [0.5, 0.6) is 5.75 Å². The maximum Gasteiger partial charge on any atom is 0.308 e. The van der Waals surface area contributed by atoms with Crippen LogP contribution >= 0.6 is 0 Å². The Balaban J connectivity index is 1.56. The second-order valence-corrected chi connectivity index (χ2v) is 7.41. The van der Waals surface area contributed by atoms with Gasteiger partial charge in [0, 0.05) is 58.3 Å². The minimum absolute atomic E-state index is 0.104. The molecule has 0 atom stereocenters. The normalized spacial score (nSPS) is 18.5. The lowest BCUT2D eigenvalue weighted by Gasteiger charge is -2.26. The van der Waals surface area contributed by atoms with Crippen molar-refractivity contribution in [2.24, 2.45) is 5.92 Å². The number of benzene rings is 1. The number of hydrogen-bond donors (Lipinski definition) is 0. The Morgan fingerprint density at radius 3 is 2.54 bits per heavy atom. The first-order valence-electron chi connectivity index (χ1n) is 9.96. The minimum Gasteiger partial charge on any atom is -0.427 e. The first-order chi connectivity index (χ1) is 13.5. The molecular weight excluding hydrogens is 360 g/mol. The number of carbonyl (C=O) groups is 3. The van der Waals surface area contributed by atoms with E-state index in [0.717, 1.165) is 32.5 Å². The number of esters is 1. The number of rotatable bonds is 4. The van der Waals surface area contributed by atoms with Crippen LogP contribution in [0.15, 0.2) is 24.3 Å². The lowest BCUT2D eigenvalue weighted by atomic mass is 9.96. The fraction of sp³-hybridized carbons (Fsp3) is 0.571. The van der Waals surface area contributed by atoms with Gasteiger partial charge in [-0.1, -0.05) is 6.07 Å². The summed E-state index contributed by atoms with van der Waals surface area (Å²) in [5.74, 6) is 0.427. The van der Waals surface area contributed by atoms with E-state index < -0.39 is 5.97 Å². The Hall–Kier alpha value is -2.41. The van der Waals surface area contributed by atoms with Gasteiger partial charge in [-0.15, -0.1) is 0 Å². The van der Waals surface area contributed by atoms with Crippen molar-refractivity contribution in [3.05, 3.63) is 29.8 Å². The molecule has 2 aliphatic heterocycles. The minimum atomic E-state index is -0.418. The first kappa shape index (κ1) is 20.3. The zero-order valence-corrected chi connectivity index (χ0v) is 16.4. The van der Waals surface area contributed by atoms with Gasteiger partial charge in [0.15, 0.2) is 0 Å². The molecular formula is C21H28N2O5. The molecule has 2 aliphatic rings. The molecule has 0 saturated carbocycles. The zero-order chi connectivity index (χ0) is 19.9. The lowest BCUT2D eigenvalue weighted by Crippen LogP contribution is -2.38. The molecule has 2 heterocycles. The Morgan fingerprint density at radius 2 is 1.79 bits per heavy atom. The fourth-order valence-electron chi connectivity index (χ4n) is 3.74. The van der Waals surface area contributed by atoms with Gasteiger partial charge in [0.1, 0.15) is 5.75 Å². The molecule has 3 rings (SSSR count). The standard InChI is InChI=1S/C21H28N2O5/c1-16(24)28-19-5-2-4-18(15-19)21(26)23-9-3-8-22(10-11-23)20(25)14-17-6-12-27-13-7-17/h2,4-5,15,17H,3,6-14H2,1H3. The van der Waals surface area contributed by atoms with Crippen molar-refractivity contribution in [1.29, 1.82) is 0 Å². The molecule has 2 saturated heterocycles. The van der Waals surface area contributed by atoms with E-state index in [1.807, 2.05) is 4.90 Å². The van der Waals surface area contributed by atoms with E-state index in [-0.39, 0.29) is 11.8 Å². The number of nitrogens with zero attached hydrogens (tertiary/aromatic N) is 2. The smallest absolute Gasteiger partial charge is 0.308 e. The average Bonchev–Trinajstić information content (AvgIpc) is 2.94. The van der Waals surface area contributed by atoms with Crippen LogP contribution in [0.25, 0.3) is 0 Å². The van der Waals surface area contributed by atoms with Crippen LogP contribution in [0.3, 0.4) is 0 Å². The van der Waals surface area contributed by atoms with Crippen molar-refractivity contribution in [3.63, 3.8) is 0 Å². The maximum atomic E-state index is 12.9. The van der Waals surface area contributed by atoms with Crippen molar-refractivity contribution in [3.8, 4) is 5.75 Å². The highest BCUT2D eigenvalue weighted by molar-refractivity contribution is 5.94. The molecule has 2 fully saturated rings. The molecule has 1 aromatic carbocycles. The van der Waals surface area contributed by atoms with Gasteiger partial charge in [-0.05, 0) is 43.4 Å². The van der Waals surface area contributed by atoms with Crippen molar-refractivity contribution < 1.29 is 23.9 Å². The van der Waals surface area contributed by atoms with Gasteiger partial charge in [0.2, 0.25) is 5.91 Å². The van der Waals surface area contributed by atoms with Crippen LogP contribution in [-0.2, 0) is 14.3 Å². The molecule has 7 heteroatoms. The Bertz CT molecular complexity index is 715. The zero-order valence-electron chi connectivity index (χ0n) is 16.4. The maximum absolute atomic E-state index is 12.9. The average molecular weight is 388 g/mol. The summed E-state index contributed by atoms with van der Waals surface area (Å²) in [4.78, 5) is 40.3. The molecule has 0 unspecified atom stereocenters. The fourth-order valence-corrected chi connectivity index (χ4v) is 3.74. The molecule has 0 spiro atoms. The van der Waals surface area contributed by atoms with Crippen LogP contribution in [0.1, 0.15) is 43.0 Å². The van der Waals surface area contributed by atoms with Crippen molar-refractivity contribution in [1.82, 2.24) is 9.80 Å². The highest BCUT2D eigenvalue weighted by Gasteiger charge is 2.25. The van der Waals surface area contributed by atoms with Crippen LogP contribution in [0.2, 0.25) is 0 Å². The first-order valence-corrected chi connectivity index (χ1v) is 9.96. The van der Waals surface area contributed by atoms with E-state index in [1.165, 1.54) is 6.92 Å². The summed E-state index contributed by atoms with van der Waals surface area (Å²) in [7, 11) is 0. The predicted molar refractivity (Wildman–Crippen MR) is 103 cm³/mol. The van der Waals surface area contributed by atoms with Crippen molar-refractivity contribution in [2.45, 2.75) is 32.6 Å². The lowest BCUT2D eigenvalue weighted by molar-refractivity contribution is -0.133. The van der Waals surface area contributed by atoms with Gasteiger partial charge in [0.25, 0.3) is 5.91 Å². The highest BCUT2D eigenvalue weighted by atomic mass is 16.5. The highest BCUT2D eigenvalue weighted by Crippen LogP contribution is 2.21. The summed E-state index contributed by atoms with van der Waals surface area (Å²) >= 11 is 0. The Kier molecular flexibility index (Phi) is 7.03. The van der Waals surface area contributed by atoms with E-state index in [9.17, 15) is 14.4 Å². The summed E-state index contributed by atoms with van der Waals surface area (Å²) in [5.41, 5.74) is 0.487. The molecule has 0 N–H and O–H groups in total. The molecule has 28 heavy (non-hydrogen) atoms. The quantitative estimate of drug-likeness (QED) is 0.583. The van der Waals surface area contributed by atoms with Gasteiger partial charge in [-0.3, -0.25) is 14.4 Å². The molecule has 0 bridgehead atoms. The second-order valence-electron chi connectivity index (χ2n) is 7.41. The monoisotopic (exact) mass is 388 g/mol. The van der Waals surface area contributed by atoms with E-state index >= 15 is 0 Å². The van der Waals surface area contributed by atoms with Gasteiger partial charge < -0.3 is 19.3 Å². The van der Waals surface area contributed by atoms with Gasteiger partial charge in [0.05, 0.1) is 0 Å². The molecule has 0 aliphatic carbocycles. The number of ether oxygens (including phenoxy) is 2. The van der Waals surface area contributed by atoms with Crippen molar-refractivity contribution >= 4 is 17.8 Å². The summed E-state index contributed by atoms with van der Waals surface area (Å²) < 4.78 is 10.4. The summed E-state index contributed by atoms with van der Waals surface area (Å²) in [6.07, 6.45) is 3.22. The topological polar surface area (TPSA) is 76.2 Å². The molecule has 7 nitrogen and oxygen atoms in total. The van der Waals surface area contributed by atoms with Crippen LogP contribution in [0.4, 0.5) is 0 Å². The molecule has 0 radical (unpaired) electrons. The summed E-state index contributed by atoms with van der Waals surface area (Å²) in [6, 6.07) is 6.65. The second kappa shape index (κ2) is 9.68.